The Hall–Kier alpha value is -1.94. The van der Waals surface area contributed by atoms with Gasteiger partial charge in [-0.25, -0.2) is 0 Å². The molecule has 21 heavy (non-hydrogen) atoms. The van der Waals surface area contributed by atoms with Crippen molar-refractivity contribution in [1.82, 2.24) is 10.3 Å². The van der Waals surface area contributed by atoms with Crippen LogP contribution in [0.25, 0.3) is 10.8 Å². The predicted molar refractivity (Wildman–Crippen MR) is 82.2 cm³/mol. The number of carbonyl (C=O) groups is 1. The van der Waals surface area contributed by atoms with Gasteiger partial charge in [0.2, 0.25) is 0 Å². The average Bonchev–Trinajstić information content (AvgIpc) is 3.04. The largest absolute Gasteiger partial charge is 0.381 e. The van der Waals surface area contributed by atoms with Gasteiger partial charge in [0.05, 0.1) is 0 Å². The Morgan fingerprint density at radius 2 is 2.19 bits per heavy atom. The Labute approximate surface area is 124 Å². The number of nitrogens with zero attached hydrogens (tertiary/aromatic N) is 1. The molecule has 1 saturated heterocycles. The third-order valence-electron chi connectivity index (χ3n) is 3.96. The highest BCUT2D eigenvalue weighted by Crippen LogP contribution is 2.17. The van der Waals surface area contributed by atoms with Crippen LogP contribution in [0.1, 0.15) is 29.8 Å². The van der Waals surface area contributed by atoms with Crippen molar-refractivity contribution in [2.75, 3.05) is 19.8 Å². The second-order valence-corrected chi connectivity index (χ2v) is 5.54. The first-order valence-electron chi connectivity index (χ1n) is 7.53. The molecule has 1 aromatic carbocycles. The highest BCUT2D eigenvalue weighted by Gasteiger charge is 2.15. The zero-order valence-electron chi connectivity index (χ0n) is 12.0. The van der Waals surface area contributed by atoms with Gasteiger partial charge in [-0.3, -0.25) is 9.78 Å². The molecule has 2 aromatic rings. The number of amides is 1. The molecule has 1 aliphatic heterocycles. The van der Waals surface area contributed by atoms with E-state index in [2.05, 4.69) is 10.3 Å². The Bertz CT molecular complexity index is 621. The second kappa shape index (κ2) is 6.68. The van der Waals surface area contributed by atoms with Crippen molar-refractivity contribution in [2.24, 2.45) is 5.92 Å². The first kappa shape index (κ1) is 14.0. The summed E-state index contributed by atoms with van der Waals surface area (Å²) in [5, 5.41) is 5.04. The highest BCUT2D eigenvalue weighted by atomic mass is 16.5. The van der Waals surface area contributed by atoms with E-state index in [4.69, 9.17) is 4.74 Å². The minimum atomic E-state index is -0.0941. The van der Waals surface area contributed by atoms with Gasteiger partial charge in [-0.2, -0.15) is 0 Å². The molecule has 0 saturated carbocycles. The fourth-order valence-electron chi connectivity index (χ4n) is 2.70. The van der Waals surface area contributed by atoms with Crippen LogP contribution >= 0.6 is 0 Å². The van der Waals surface area contributed by atoms with E-state index in [9.17, 15) is 4.79 Å². The number of rotatable bonds is 5. The zero-order chi connectivity index (χ0) is 14.5. The lowest BCUT2D eigenvalue weighted by molar-refractivity contribution is 0.0947. The smallest absolute Gasteiger partial charge is 0.269 e. The van der Waals surface area contributed by atoms with Crippen LogP contribution in [0, 0.1) is 5.92 Å². The standard InChI is InChI=1S/C17H20N2O2/c20-17(18-8-3-4-13-7-9-21-12-13)16-10-14-5-1-2-6-15(14)11-19-16/h1-2,5-6,10-11,13H,3-4,7-9,12H2,(H,18,20). The van der Waals surface area contributed by atoms with Gasteiger partial charge in [-0.1, -0.05) is 24.3 Å². The normalized spacial score (nSPS) is 18.0. The van der Waals surface area contributed by atoms with Crippen LogP contribution in [0.15, 0.2) is 36.5 Å². The molecule has 0 bridgehead atoms. The van der Waals surface area contributed by atoms with E-state index < -0.39 is 0 Å². The molecule has 3 rings (SSSR count). The van der Waals surface area contributed by atoms with E-state index in [1.807, 2.05) is 30.3 Å². The molecule has 1 atom stereocenters. The van der Waals surface area contributed by atoms with Crippen LogP contribution in [0.3, 0.4) is 0 Å². The summed E-state index contributed by atoms with van der Waals surface area (Å²) in [5.74, 6) is 0.573. The van der Waals surface area contributed by atoms with E-state index >= 15 is 0 Å². The average molecular weight is 284 g/mol. The van der Waals surface area contributed by atoms with Crippen LogP contribution in [-0.2, 0) is 4.74 Å². The Balaban J connectivity index is 1.51. The maximum atomic E-state index is 12.1. The minimum absolute atomic E-state index is 0.0941. The van der Waals surface area contributed by atoms with Crippen molar-refractivity contribution in [1.29, 1.82) is 0 Å². The Morgan fingerprint density at radius 3 is 3.00 bits per heavy atom. The minimum Gasteiger partial charge on any atom is -0.381 e. The van der Waals surface area contributed by atoms with E-state index in [0.29, 0.717) is 18.2 Å². The van der Waals surface area contributed by atoms with Crippen LogP contribution in [0.4, 0.5) is 0 Å². The van der Waals surface area contributed by atoms with Crippen molar-refractivity contribution in [3.63, 3.8) is 0 Å². The summed E-state index contributed by atoms with van der Waals surface area (Å²) >= 11 is 0. The number of ether oxygens (including phenoxy) is 1. The van der Waals surface area contributed by atoms with Crippen LogP contribution in [-0.4, -0.2) is 30.6 Å². The Morgan fingerprint density at radius 1 is 1.33 bits per heavy atom. The SMILES string of the molecule is O=C(NCCCC1CCOC1)c1cc2ccccc2cn1. The van der Waals surface area contributed by atoms with Crippen molar-refractivity contribution >= 4 is 16.7 Å². The third kappa shape index (κ3) is 3.58. The van der Waals surface area contributed by atoms with Crippen LogP contribution < -0.4 is 5.32 Å². The number of hydrogen-bond donors (Lipinski definition) is 1. The topological polar surface area (TPSA) is 51.2 Å². The summed E-state index contributed by atoms with van der Waals surface area (Å²) in [6.45, 7) is 2.46. The molecule has 2 heterocycles. The maximum Gasteiger partial charge on any atom is 0.269 e. The Kier molecular flexibility index (Phi) is 4.46. The van der Waals surface area contributed by atoms with Gasteiger partial charge in [0.15, 0.2) is 0 Å². The van der Waals surface area contributed by atoms with E-state index in [1.165, 1.54) is 0 Å². The molecular weight excluding hydrogens is 264 g/mol. The lowest BCUT2D eigenvalue weighted by atomic mass is 10.0. The van der Waals surface area contributed by atoms with Crippen LogP contribution in [0.2, 0.25) is 0 Å². The lowest BCUT2D eigenvalue weighted by Gasteiger charge is -2.08. The summed E-state index contributed by atoms with van der Waals surface area (Å²) in [4.78, 5) is 16.3. The summed E-state index contributed by atoms with van der Waals surface area (Å²) in [6, 6.07) is 9.77. The number of benzene rings is 1. The summed E-state index contributed by atoms with van der Waals surface area (Å²) < 4.78 is 5.35. The third-order valence-corrected chi connectivity index (χ3v) is 3.96. The molecule has 1 N–H and O–H groups in total. The number of hydrogen-bond acceptors (Lipinski definition) is 3. The molecule has 4 heteroatoms. The second-order valence-electron chi connectivity index (χ2n) is 5.54. The molecule has 0 radical (unpaired) electrons. The van der Waals surface area contributed by atoms with Gasteiger partial charge in [-0.05, 0) is 36.6 Å². The molecule has 0 aliphatic carbocycles. The maximum absolute atomic E-state index is 12.1. The molecule has 110 valence electrons. The molecular formula is C17H20N2O2. The van der Waals surface area contributed by atoms with Gasteiger partial charge in [-0.15, -0.1) is 0 Å². The number of pyridine rings is 1. The summed E-state index contributed by atoms with van der Waals surface area (Å²) in [6.07, 6.45) is 5.01. The zero-order valence-corrected chi connectivity index (χ0v) is 12.0. The van der Waals surface area contributed by atoms with Gasteiger partial charge < -0.3 is 10.1 Å². The number of nitrogens with one attached hydrogen (secondary N) is 1. The van der Waals surface area contributed by atoms with Gasteiger partial charge in [0, 0.05) is 31.3 Å². The number of fused-ring (bicyclic) bond motifs is 1. The molecule has 1 unspecified atom stereocenters. The monoisotopic (exact) mass is 284 g/mol. The molecule has 0 spiro atoms. The van der Waals surface area contributed by atoms with Gasteiger partial charge in [0.25, 0.3) is 5.91 Å². The molecule has 1 amide bonds. The van der Waals surface area contributed by atoms with Gasteiger partial charge in [0.1, 0.15) is 5.69 Å². The summed E-state index contributed by atoms with van der Waals surface area (Å²) in [5.41, 5.74) is 0.484. The number of carbonyl (C=O) groups excluding carboxylic acids is 1. The molecule has 1 fully saturated rings. The quantitative estimate of drug-likeness (QED) is 0.859. The van der Waals surface area contributed by atoms with Crippen molar-refractivity contribution < 1.29 is 9.53 Å². The van der Waals surface area contributed by atoms with E-state index in [-0.39, 0.29) is 5.91 Å². The summed E-state index contributed by atoms with van der Waals surface area (Å²) in [7, 11) is 0. The highest BCUT2D eigenvalue weighted by molar-refractivity contribution is 5.96. The first-order chi connectivity index (χ1) is 10.3. The fraction of sp³-hybridized carbons (Fsp3) is 0.412. The molecule has 4 nitrogen and oxygen atoms in total. The lowest BCUT2D eigenvalue weighted by Crippen LogP contribution is -2.25. The van der Waals surface area contributed by atoms with Crippen LogP contribution in [0.5, 0.6) is 0 Å². The first-order valence-corrected chi connectivity index (χ1v) is 7.53. The number of aromatic nitrogens is 1. The molecule has 1 aliphatic rings. The van der Waals surface area contributed by atoms with Gasteiger partial charge >= 0.3 is 0 Å². The molecule has 1 aromatic heterocycles. The van der Waals surface area contributed by atoms with E-state index in [0.717, 1.165) is 43.2 Å². The van der Waals surface area contributed by atoms with E-state index in [1.54, 1.807) is 6.20 Å². The van der Waals surface area contributed by atoms with Crippen molar-refractivity contribution in [2.45, 2.75) is 19.3 Å². The van der Waals surface area contributed by atoms with Crippen molar-refractivity contribution in [3.05, 3.63) is 42.2 Å². The van der Waals surface area contributed by atoms with Crippen molar-refractivity contribution in [3.8, 4) is 0 Å². The fourth-order valence-corrected chi connectivity index (χ4v) is 2.70. The predicted octanol–water partition coefficient (Wildman–Crippen LogP) is 2.78.